The molecule has 6 heteroatoms. The molecule has 0 bridgehead atoms. The van der Waals surface area contributed by atoms with Crippen molar-refractivity contribution in [2.45, 2.75) is 26.1 Å². The van der Waals surface area contributed by atoms with Gasteiger partial charge >= 0.3 is 0 Å². The lowest BCUT2D eigenvalue weighted by Crippen LogP contribution is -2.58. The summed E-state index contributed by atoms with van der Waals surface area (Å²) in [5.74, 6) is 1.14. The molecule has 1 saturated heterocycles. The first-order valence-corrected chi connectivity index (χ1v) is 5.51. The Morgan fingerprint density at radius 3 is 2.88 bits per heavy atom. The number of hydrogen-bond donors (Lipinski definition) is 1. The summed E-state index contributed by atoms with van der Waals surface area (Å²) in [4.78, 5) is 6.16. The molecule has 1 aromatic heterocycles. The Bertz CT molecular complexity index is 348. The van der Waals surface area contributed by atoms with Crippen LogP contribution in [0.2, 0.25) is 0 Å². The van der Waals surface area contributed by atoms with Crippen molar-refractivity contribution in [2.75, 3.05) is 31.6 Å². The molecule has 0 unspecified atom stereocenters. The van der Waals surface area contributed by atoms with Gasteiger partial charge in [0.15, 0.2) is 0 Å². The molecule has 1 fully saturated rings. The van der Waals surface area contributed by atoms with Gasteiger partial charge in [0.1, 0.15) is 6.61 Å². The second-order valence-electron chi connectivity index (χ2n) is 4.34. The van der Waals surface area contributed by atoms with Crippen LogP contribution in [0.1, 0.15) is 19.7 Å². The molecule has 2 heterocycles. The van der Waals surface area contributed by atoms with Gasteiger partial charge in [0, 0.05) is 26.7 Å². The Morgan fingerprint density at radius 2 is 2.31 bits per heavy atom. The number of ether oxygens (including phenoxy) is 1. The monoisotopic (exact) mass is 226 g/mol. The predicted octanol–water partition coefficient (Wildman–Crippen LogP) is 0.404. The number of nitrogens with one attached hydrogen (secondary N) is 1. The number of hydrogen-bond acceptors (Lipinski definition) is 6. The highest BCUT2D eigenvalue weighted by atomic mass is 16.5. The summed E-state index contributed by atoms with van der Waals surface area (Å²) in [6.07, 6.45) is 0. The van der Waals surface area contributed by atoms with Crippen LogP contribution in [0.25, 0.3) is 0 Å². The molecule has 1 aromatic rings. The van der Waals surface area contributed by atoms with Crippen molar-refractivity contribution < 1.29 is 9.26 Å². The molecule has 2 rings (SSSR count). The quantitative estimate of drug-likeness (QED) is 0.784. The zero-order chi connectivity index (χ0) is 11.6. The molecule has 6 nitrogen and oxygen atoms in total. The molecule has 0 radical (unpaired) electrons. The van der Waals surface area contributed by atoms with E-state index in [0.29, 0.717) is 18.4 Å². The van der Waals surface area contributed by atoms with Crippen LogP contribution in [0, 0.1) is 0 Å². The SMILES string of the molecule is CCN(C)c1noc(COC2(C)CNC2)n1. The van der Waals surface area contributed by atoms with Crippen molar-refractivity contribution in [3.63, 3.8) is 0 Å². The average molecular weight is 226 g/mol. The molecule has 0 aliphatic carbocycles. The first-order valence-electron chi connectivity index (χ1n) is 5.51. The summed E-state index contributed by atoms with van der Waals surface area (Å²) in [5.41, 5.74) is -0.0781. The summed E-state index contributed by atoms with van der Waals surface area (Å²) in [6.45, 7) is 7.09. The van der Waals surface area contributed by atoms with E-state index < -0.39 is 0 Å². The van der Waals surface area contributed by atoms with E-state index in [1.165, 1.54) is 0 Å². The van der Waals surface area contributed by atoms with Gasteiger partial charge in [-0.25, -0.2) is 0 Å². The number of aromatic nitrogens is 2. The van der Waals surface area contributed by atoms with Crippen molar-refractivity contribution in [3.05, 3.63) is 5.89 Å². The first kappa shape index (κ1) is 11.3. The van der Waals surface area contributed by atoms with Gasteiger partial charge in [-0.1, -0.05) is 0 Å². The Kier molecular flexibility index (Phi) is 3.11. The van der Waals surface area contributed by atoms with Crippen LogP contribution in [-0.2, 0) is 11.3 Å². The van der Waals surface area contributed by atoms with Crippen molar-refractivity contribution in [3.8, 4) is 0 Å². The highest BCUT2D eigenvalue weighted by Gasteiger charge is 2.33. The minimum absolute atomic E-state index is 0.0781. The summed E-state index contributed by atoms with van der Waals surface area (Å²) in [6, 6.07) is 0. The lowest BCUT2D eigenvalue weighted by molar-refractivity contribution is -0.0841. The Hall–Kier alpha value is -1.14. The lowest BCUT2D eigenvalue weighted by Gasteiger charge is -2.38. The molecule has 1 N–H and O–H groups in total. The molecular weight excluding hydrogens is 208 g/mol. The van der Waals surface area contributed by atoms with Gasteiger partial charge in [0.25, 0.3) is 11.8 Å². The van der Waals surface area contributed by atoms with Gasteiger partial charge in [-0.3, -0.25) is 0 Å². The molecule has 0 atom stereocenters. The molecule has 0 aromatic carbocycles. The largest absolute Gasteiger partial charge is 0.363 e. The molecule has 1 aliphatic heterocycles. The Morgan fingerprint density at radius 1 is 1.56 bits per heavy atom. The topological polar surface area (TPSA) is 63.4 Å². The van der Waals surface area contributed by atoms with Crippen LogP contribution >= 0.6 is 0 Å². The van der Waals surface area contributed by atoms with Gasteiger partial charge in [-0.05, 0) is 19.0 Å². The molecule has 0 spiro atoms. The summed E-state index contributed by atoms with van der Waals surface area (Å²) >= 11 is 0. The number of anilines is 1. The van der Waals surface area contributed by atoms with Crippen LogP contribution < -0.4 is 10.2 Å². The van der Waals surface area contributed by atoms with Gasteiger partial charge < -0.3 is 19.5 Å². The van der Waals surface area contributed by atoms with Crippen molar-refractivity contribution in [1.82, 2.24) is 15.5 Å². The maximum absolute atomic E-state index is 5.70. The van der Waals surface area contributed by atoms with Gasteiger partial charge in [0.2, 0.25) is 0 Å². The minimum Gasteiger partial charge on any atom is -0.363 e. The lowest BCUT2D eigenvalue weighted by atomic mass is 10.0. The van der Waals surface area contributed by atoms with Crippen LogP contribution in [0.3, 0.4) is 0 Å². The van der Waals surface area contributed by atoms with Crippen LogP contribution in [0.15, 0.2) is 4.52 Å². The fourth-order valence-corrected chi connectivity index (χ4v) is 1.42. The molecule has 16 heavy (non-hydrogen) atoms. The van der Waals surface area contributed by atoms with E-state index in [1.807, 2.05) is 18.9 Å². The van der Waals surface area contributed by atoms with Crippen molar-refractivity contribution in [1.29, 1.82) is 0 Å². The normalized spacial score (nSPS) is 18.2. The highest BCUT2D eigenvalue weighted by molar-refractivity contribution is 5.24. The van der Waals surface area contributed by atoms with E-state index in [4.69, 9.17) is 9.26 Å². The van der Waals surface area contributed by atoms with Gasteiger partial charge in [-0.2, -0.15) is 4.98 Å². The molecule has 0 saturated carbocycles. The van der Waals surface area contributed by atoms with Crippen molar-refractivity contribution >= 4 is 5.95 Å². The Labute approximate surface area is 95.0 Å². The number of rotatable bonds is 5. The van der Waals surface area contributed by atoms with E-state index in [2.05, 4.69) is 22.4 Å². The third-order valence-corrected chi connectivity index (χ3v) is 2.82. The van der Waals surface area contributed by atoms with Crippen molar-refractivity contribution in [2.24, 2.45) is 0 Å². The summed E-state index contributed by atoms with van der Waals surface area (Å²) in [5, 5.41) is 7.05. The minimum atomic E-state index is -0.0781. The molecular formula is C10H18N4O2. The van der Waals surface area contributed by atoms with E-state index >= 15 is 0 Å². The van der Waals surface area contributed by atoms with E-state index in [0.717, 1.165) is 19.6 Å². The molecule has 90 valence electrons. The third kappa shape index (κ3) is 2.33. The maximum Gasteiger partial charge on any atom is 0.265 e. The van der Waals surface area contributed by atoms with Crippen LogP contribution in [0.5, 0.6) is 0 Å². The molecule has 1 aliphatic rings. The second kappa shape index (κ2) is 4.39. The van der Waals surface area contributed by atoms with E-state index in [9.17, 15) is 0 Å². The summed E-state index contributed by atoms with van der Waals surface area (Å²) in [7, 11) is 1.92. The fourth-order valence-electron chi connectivity index (χ4n) is 1.42. The fraction of sp³-hybridized carbons (Fsp3) is 0.800. The Balaban J connectivity index is 1.87. The second-order valence-corrected chi connectivity index (χ2v) is 4.34. The number of nitrogens with zero attached hydrogens (tertiary/aromatic N) is 3. The third-order valence-electron chi connectivity index (χ3n) is 2.82. The van der Waals surface area contributed by atoms with Gasteiger partial charge in [-0.15, -0.1) is 0 Å². The maximum atomic E-state index is 5.70. The average Bonchev–Trinajstić information content (AvgIpc) is 2.71. The van der Waals surface area contributed by atoms with E-state index in [1.54, 1.807) is 0 Å². The van der Waals surface area contributed by atoms with E-state index in [-0.39, 0.29) is 5.60 Å². The smallest absolute Gasteiger partial charge is 0.265 e. The highest BCUT2D eigenvalue weighted by Crippen LogP contribution is 2.18. The predicted molar refractivity (Wildman–Crippen MR) is 59.3 cm³/mol. The van der Waals surface area contributed by atoms with Crippen LogP contribution in [-0.4, -0.2) is 42.4 Å². The summed E-state index contributed by atoms with van der Waals surface area (Å²) < 4.78 is 10.8. The van der Waals surface area contributed by atoms with Crippen LogP contribution in [0.4, 0.5) is 5.95 Å². The zero-order valence-electron chi connectivity index (χ0n) is 9.99. The first-order chi connectivity index (χ1) is 7.63. The van der Waals surface area contributed by atoms with Gasteiger partial charge in [0.05, 0.1) is 5.60 Å². The molecule has 0 amide bonds. The zero-order valence-corrected chi connectivity index (χ0v) is 9.99. The standard InChI is InChI=1S/C10H18N4O2/c1-4-14(3)9-12-8(16-13-9)5-15-10(2)6-11-7-10/h11H,4-7H2,1-3H3.